The Morgan fingerprint density at radius 1 is 1.03 bits per heavy atom. The molecule has 4 rings (SSSR count). The fourth-order valence-electron chi connectivity index (χ4n) is 3.02. The minimum absolute atomic E-state index is 0.0744. The Kier molecular flexibility index (Phi) is 6.75. The predicted octanol–water partition coefficient (Wildman–Crippen LogP) is 4.69. The van der Waals surface area contributed by atoms with Crippen molar-refractivity contribution in [3.8, 4) is 11.4 Å². The van der Waals surface area contributed by atoms with Gasteiger partial charge in [0.05, 0.1) is 30.5 Å². The summed E-state index contributed by atoms with van der Waals surface area (Å²) in [6.07, 6.45) is 4.45. The molecule has 32 heavy (non-hydrogen) atoms. The van der Waals surface area contributed by atoms with Crippen molar-refractivity contribution in [1.82, 2.24) is 19.7 Å². The molecule has 0 aliphatic carbocycles. The number of fused-ring (bicyclic) bond motifs is 1. The number of unbranched alkanes of at least 4 members (excludes halogenated alkanes) is 1. The molecule has 0 bridgehead atoms. The van der Waals surface area contributed by atoms with Crippen LogP contribution in [0.5, 0.6) is 5.75 Å². The van der Waals surface area contributed by atoms with E-state index in [1.54, 1.807) is 10.9 Å². The molecule has 0 aliphatic heterocycles. The van der Waals surface area contributed by atoms with E-state index in [9.17, 15) is 10.1 Å². The van der Waals surface area contributed by atoms with Crippen LogP contribution in [0.15, 0.2) is 65.5 Å². The second-order valence-corrected chi connectivity index (χ2v) is 7.67. The second-order valence-electron chi connectivity index (χ2n) is 6.75. The molecule has 164 valence electrons. The average molecular weight is 499 g/mol. The summed E-state index contributed by atoms with van der Waals surface area (Å²) in [5.74, 6) is 1.36. The molecule has 11 heteroatoms. The maximum absolute atomic E-state index is 10.1. The Morgan fingerprint density at radius 2 is 1.78 bits per heavy atom. The molecule has 1 N–H and O–H groups in total. The van der Waals surface area contributed by atoms with E-state index in [0.29, 0.717) is 36.7 Å². The fourth-order valence-corrected chi connectivity index (χ4v) is 3.28. The van der Waals surface area contributed by atoms with Crippen LogP contribution in [0.2, 0.25) is 0 Å². The lowest BCUT2D eigenvalue weighted by atomic mass is 10.3. The number of aromatic nitrogens is 4. The van der Waals surface area contributed by atoms with E-state index in [4.69, 9.17) is 4.74 Å². The van der Waals surface area contributed by atoms with Gasteiger partial charge in [-0.15, -0.1) is 10.1 Å². The molecular weight excluding hydrogens is 480 g/mol. The van der Waals surface area contributed by atoms with Gasteiger partial charge in [0.15, 0.2) is 5.65 Å². The largest absolute Gasteiger partial charge is 0.494 e. The predicted molar refractivity (Wildman–Crippen MR) is 122 cm³/mol. The SMILES string of the molecule is O=[N+]([O-])OCCCCOc1ccc(Nc2ncnc3c2cnn3-c2ccc(Br)cc2)cc1. The maximum atomic E-state index is 10.1. The summed E-state index contributed by atoms with van der Waals surface area (Å²) in [4.78, 5) is 23.1. The molecule has 10 nitrogen and oxygen atoms in total. The van der Waals surface area contributed by atoms with Crippen molar-refractivity contribution in [2.75, 3.05) is 18.5 Å². The number of halogens is 1. The van der Waals surface area contributed by atoms with Crippen molar-refractivity contribution >= 4 is 38.5 Å². The van der Waals surface area contributed by atoms with Crippen molar-refractivity contribution in [3.05, 3.63) is 75.6 Å². The molecule has 0 atom stereocenters. The average Bonchev–Trinajstić information content (AvgIpc) is 3.23. The monoisotopic (exact) mass is 498 g/mol. The molecule has 0 unspecified atom stereocenters. The zero-order valence-electron chi connectivity index (χ0n) is 16.8. The van der Waals surface area contributed by atoms with Gasteiger partial charge in [-0.25, -0.2) is 14.6 Å². The summed E-state index contributed by atoms with van der Waals surface area (Å²) in [7, 11) is 0. The van der Waals surface area contributed by atoms with Gasteiger partial charge in [-0.2, -0.15) is 5.10 Å². The normalized spacial score (nSPS) is 10.8. The Hall–Kier alpha value is -3.73. The van der Waals surface area contributed by atoms with Crippen molar-refractivity contribution in [2.45, 2.75) is 12.8 Å². The lowest BCUT2D eigenvalue weighted by Gasteiger charge is -2.09. The first-order valence-corrected chi connectivity index (χ1v) is 10.6. The summed E-state index contributed by atoms with van der Waals surface area (Å²) in [5.41, 5.74) is 2.44. The van der Waals surface area contributed by atoms with Crippen molar-refractivity contribution in [1.29, 1.82) is 0 Å². The summed E-state index contributed by atoms with van der Waals surface area (Å²) in [5, 5.41) is 17.9. The molecule has 0 amide bonds. The second kappa shape index (κ2) is 10.1. The van der Waals surface area contributed by atoms with E-state index in [-0.39, 0.29) is 6.61 Å². The van der Waals surface area contributed by atoms with Crippen LogP contribution < -0.4 is 10.1 Å². The van der Waals surface area contributed by atoms with E-state index in [2.05, 4.69) is 41.2 Å². The first kappa shape index (κ1) is 21.5. The molecule has 0 saturated carbocycles. The van der Waals surface area contributed by atoms with Crippen LogP contribution >= 0.6 is 15.9 Å². The summed E-state index contributed by atoms with van der Waals surface area (Å²) in [6, 6.07) is 15.3. The lowest BCUT2D eigenvalue weighted by Crippen LogP contribution is -2.04. The van der Waals surface area contributed by atoms with Gasteiger partial charge in [-0.1, -0.05) is 15.9 Å². The Morgan fingerprint density at radius 3 is 2.53 bits per heavy atom. The highest BCUT2D eigenvalue weighted by atomic mass is 79.9. The van der Waals surface area contributed by atoms with Crippen LogP contribution in [0.25, 0.3) is 16.7 Å². The summed E-state index contributed by atoms with van der Waals surface area (Å²) >= 11 is 3.44. The van der Waals surface area contributed by atoms with Crippen LogP contribution in [0.1, 0.15) is 12.8 Å². The number of hydrogen-bond acceptors (Lipinski definition) is 8. The minimum atomic E-state index is -0.788. The van der Waals surface area contributed by atoms with Gasteiger partial charge in [0, 0.05) is 10.2 Å². The highest BCUT2D eigenvalue weighted by molar-refractivity contribution is 9.10. The molecule has 2 heterocycles. The van der Waals surface area contributed by atoms with Gasteiger partial charge in [-0.3, -0.25) is 0 Å². The lowest BCUT2D eigenvalue weighted by molar-refractivity contribution is -0.757. The van der Waals surface area contributed by atoms with Gasteiger partial charge in [0.2, 0.25) is 0 Å². The fraction of sp³-hybridized carbons (Fsp3) is 0.190. The number of rotatable bonds is 10. The standard InChI is InChI=1S/C21H19BrN6O4/c22-15-3-7-17(8-4-15)27-21-19(13-25-27)20(23-14-24-21)26-16-5-9-18(10-6-16)31-11-1-2-12-32-28(29)30/h3-10,13-14H,1-2,11-12H2,(H,23,24,26). The molecule has 0 radical (unpaired) electrons. The van der Waals surface area contributed by atoms with E-state index in [1.807, 2.05) is 48.5 Å². The van der Waals surface area contributed by atoms with Crippen LogP contribution in [-0.2, 0) is 4.84 Å². The molecule has 4 aromatic rings. The first-order valence-electron chi connectivity index (χ1n) is 9.82. The van der Waals surface area contributed by atoms with Gasteiger partial charge in [0.1, 0.15) is 17.9 Å². The number of hydrogen-bond donors (Lipinski definition) is 1. The van der Waals surface area contributed by atoms with Gasteiger partial charge in [-0.05, 0) is 61.4 Å². The summed E-state index contributed by atoms with van der Waals surface area (Å²) in [6.45, 7) is 0.528. The van der Waals surface area contributed by atoms with Gasteiger partial charge < -0.3 is 14.9 Å². The van der Waals surface area contributed by atoms with Crippen LogP contribution in [0, 0.1) is 10.1 Å². The molecular formula is C21H19BrN6O4. The minimum Gasteiger partial charge on any atom is -0.494 e. The molecule has 0 fully saturated rings. The van der Waals surface area contributed by atoms with Gasteiger partial charge >= 0.3 is 0 Å². The third-order valence-corrected chi connectivity index (χ3v) is 5.09. The van der Waals surface area contributed by atoms with Gasteiger partial charge in [0.25, 0.3) is 5.09 Å². The first-order chi connectivity index (χ1) is 15.6. The van der Waals surface area contributed by atoms with Crippen LogP contribution in [0.3, 0.4) is 0 Å². The molecule has 0 saturated heterocycles. The van der Waals surface area contributed by atoms with E-state index < -0.39 is 5.09 Å². The highest BCUT2D eigenvalue weighted by Gasteiger charge is 2.11. The van der Waals surface area contributed by atoms with Crippen LogP contribution in [-0.4, -0.2) is 38.0 Å². The molecule has 2 aromatic carbocycles. The zero-order valence-corrected chi connectivity index (χ0v) is 18.4. The number of nitrogens with zero attached hydrogens (tertiary/aromatic N) is 5. The topological polar surface area (TPSA) is 117 Å². The number of nitrogens with one attached hydrogen (secondary N) is 1. The summed E-state index contributed by atoms with van der Waals surface area (Å²) < 4.78 is 8.41. The van der Waals surface area contributed by atoms with Crippen LogP contribution in [0.4, 0.5) is 11.5 Å². The number of anilines is 2. The number of ether oxygens (including phenoxy) is 1. The quantitative estimate of drug-likeness (QED) is 0.190. The smallest absolute Gasteiger partial charge is 0.294 e. The molecule has 0 spiro atoms. The molecule has 2 aromatic heterocycles. The Bertz CT molecular complexity index is 1200. The Balaban J connectivity index is 1.39. The highest BCUT2D eigenvalue weighted by Crippen LogP contribution is 2.26. The van der Waals surface area contributed by atoms with Crippen molar-refractivity contribution in [2.24, 2.45) is 0 Å². The third kappa shape index (κ3) is 5.30. The Labute approximate surface area is 191 Å². The van der Waals surface area contributed by atoms with E-state index in [0.717, 1.165) is 21.2 Å². The molecule has 0 aliphatic rings. The van der Waals surface area contributed by atoms with Crippen molar-refractivity contribution in [3.63, 3.8) is 0 Å². The number of benzene rings is 2. The van der Waals surface area contributed by atoms with Crippen molar-refractivity contribution < 1.29 is 14.7 Å². The third-order valence-electron chi connectivity index (χ3n) is 4.56. The van der Waals surface area contributed by atoms with E-state index in [1.165, 1.54) is 6.33 Å². The zero-order chi connectivity index (χ0) is 22.3. The maximum Gasteiger partial charge on any atom is 0.294 e. The van der Waals surface area contributed by atoms with E-state index >= 15 is 0 Å².